The number of anilines is 1. The average molecular weight is 229 g/mol. The fraction of sp³-hybridized carbons (Fsp3) is 0.111. The van der Waals surface area contributed by atoms with Crippen LogP contribution in [0.4, 0.5) is 5.69 Å². The third-order valence-corrected chi connectivity index (χ3v) is 1.78. The summed E-state index contributed by atoms with van der Waals surface area (Å²) in [6.45, 7) is 0. The van der Waals surface area contributed by atoms with Crippen molar-refractivity contribution in [2.24, 2.45) is 5.10 Å². The molecule has 0 radical (unpaired) electrons. The number of rotatable bonds is 4. The summed E-state index contributed by atoms with van der Waals surface area (Å²) < 4.78 is 4.97. The quantitative estimate of drug-likeness (QED) is 0.608. The molecule has 0 saturated carbocycles. The van der Waals surface area contributed by atoms with E-state index in [4.69, 9.17) is 21.4 Å². The van der Waals surface area contributed by atoms with Crippen molar-refractivity contribution in [3.8, 4) is 5.75 Å². The van der Waals surface area contributed by atoms with Crippen LogP contribution in [0.15, 0.2) is 29.4 Å². The fourth-order valence-corrected chi connectivity index (χ4v) is 0.896. The Morgan fingerprint density at radius 3 is 2.93 bits per heavy atom. The number of carboxylic acid groups (broad SMARTS) is 1. The summed E-state index contributed by atoms with van der Waals surface area (Å²) >= 11 is 5.30. The molecule has 1 aromatic carbocycles. The van der Waals surface area contributed by atoms with Gasteiger partial charge in [-0.25, -0.2) is 4.79 Å². The molecule has 0 amide bonds. The van der Waals surface area contributed by atoms with Gasteiger partial charge in [0.15, 0.2) is 0 Å². The first kappa shape index (κ1) is 11.3. The van der Waals surface area contributed by atoms with Gasteiger partial charge in [0, 0.05) is 6.07 Å². The van der Waals surface area contributed by atoms with Crippen molar-refractivity contribution in [2.75, 3.05) is 12.5 Å². The zero-order valence-electron chi connectivity index (χ0n) is 7.90. The molecule has 15 heavy (non-hydrogen) atoms. The lowest BCUT2D eigenvalue weighted by Crippen LogP contribution is -2.07. The number of benzene rings is 1. The summed E-state index contributed by atoms with van der Waals surface area (Å²) in [4.78, 5) is 10.3. The maximum atomic E-state index is 10.3. The van der Waals surface area contributed by atoms with Crippen molar-refractivity contribution < 1.29 is 14.6 Å². The summed E-state index contributed by atoms with van der Waals surface area (Å²) in [5.74, 6) is -0.645. The summed E-state index contributed by atoms with van der Waals surface area (Å²) in [5.41, 5.74) is 3.09. The molecule has 80 valence electrons. The normalized spacial score (nSPS) is 10.9. The molecule has 1 aromatic rings. The number of aliphatic carboxylic acids is 1. The molecule has 0 unspecified atom stereocenters. The summed E-state index contributed by atoms with van der Waals surface area (Å²) in [6, 6.07) is 6.87. The number of methoxy groups -OCH3 is 1. The first-order valence-corrected chi connectivity index (χ1v) is 4.38. The van der Waals surface area contributed by atoms with Crippen molar-refractivity contribution in [3.63, 3.8) is 0 Å². The minimum absolute atomic E-state index is 0.530. The fourth-order valence-electron chi connectivity index (χ4n) is 0.854. The van der Waals surface area contributed by atoms with E-state index in [0.29, 0.717) is 11.4 Å². The molecule has 0 heterocycles. The Balaban J connectivity index is 2.73. The van der Waals surface area contributed by atoms with E-state index < -0.39 is 11.1 Å². The first-order valence-electron chi connectivity index (χ1n) is 4.00. The lowest BCUT2D eigenvalue weighted by molar-refractivity contribution is -0.129. The third-order valence-electron chi connectivity index (χ3n) is 1.53. The first-order chi connectivity index (χ1) is 7.13. The maximum Gasteiger partial charge on any atom is 0.368 e. The standard InChI is InChI=1S/C9H9ClN2O3/c1-15-7-4-2-3-6(5-7)11-12-8(10)9(13)14/h2-5,11H,1H3,(H,13,14). The smallest absolute Gasteiger partial charge is 0.368 e. The van der Waals surface area contributed by atoms with Gasteiger partial charge in [0.2, 0.25) is 5.17 Å². The van der Waals surface area contributed by atoms with Crippen LogP contribution in [-0.2, 0) is 4.79 Å². The monoisotopic (exact) mass is 228 g/mol. The van der Waals surface area contributed by atoms with Crippen molar-refractivity contribution in [1.82, 2.24) is 0 Å². The third kappa shape index (κ3) is 3.47. The van der Waals surface area contributed by atoms with Crippen molar-refractivity contribution in [2.45, 2.75) is 0 Å². The highest BCUT2D eigenvalue weighted by Crippen LogP contribution is 2.16. The lowest BCUT2D eigenvalue weighted by Gasteiger charge is -2.03. The number of halogens is 1. The molecule has 6 heteroatoms. The van der Waals surface area contributed by atoms with Gasteiger partial charge in [0.25, 0.3) is 0 Å². The molecule has 0 bridgehead atoms. The number of carboxylic acids is 1. The van der Waals surface area contributed by atoms with E-state index in [1.807, 2.05) is 0 Å². The van der Waals surface area contributed by atoms with Crippen molar-refractivity contribution >= 4 is 28.4 Å². The second-order valence-corrected chi connectivity index (χ2v) is 2.91. The van der Waals surface area contributed by atoms with Crippen LogP contribution in [0, 0.1) is 0 Å². The molecule has 0 fully saturated rings. The average Bonchev–Trinajstić information content (AvgIpc) is 2.26. The number of carbonyl (C=O) groups is 1. The molecular weight excluding hydrogens is 220 g/mol. The summed E-state index contributed by atoms with van der Waals surface area (Å²) in [6.07, 6.45) is 0. The Labute approximate surface area is 91.3 Å². The summed E-state index contributed by atoms with van der Waals surface area (Å²) in [7, 11) is 1.53. The molecule has 0 saturated heterocycles. The van der Waals surface area contributed by atoms with Crippen molar-refractivity contribution in [3.05, 3.63) is 24.3 Å². The van der Waals surface area contributed by atoms with E-state index in [0.717, 1.165) is 0 Å². The highest BCUT2D eigenvalue weighted by atomic mass is 35.5. The molecule has 1 rings (SSSR count). The van der Waals surface area contributed by atoms with Crippen LogP contribution in [0.2, 0.25) is 0 Å². The van der Waals surface area contributed by atoms with E-state index in [-0.39, 0.29) is 0 Å². The number of nitrogens with zero attached hydrogens (tertiary/aromatic N) is 1. The largest absolute Gasteiger partial charge is 0.497 e. The van der Waals surface area contributed by atoms with Crippen LogP contribution in [0.25, 0.3) is 0 Å². The SMILES string of the molecule is COc1cccc(NN=C(Cl)C(=O)O)c1. The molecule has 5 nitrogen and oxygen atoms in total. The topological polar surface area (TPSA) is 70.9 Å². The predicted octanol–water partition coefficient (Wildman–Crippen LogP) is 1.74. The zero-order chi connectivity index (χ0) is 11.3. The molecule has 0 aliphatic carbocycles. The van der Waals surface area contributed by atoms with Gasteiger partial charge < -0.3 is 9.84 Å². The van der Waals surface area contributed by atoms with E-state index >= 15 is 0 Å². The van der Waals surface area contributed by atoms with Gasteiger partial charge in [-0.05, 0) is 12.1 Å². The Morgan fingerprint density at radius 2 is 2.33 bits per heavy atom. The van der Waals surface area contributed by atoms with Crippen LogP contribution >= 0.6 is 11.6 Å². The van der Waals surface area contributed by atoms with Gasteiger partial charge >= 0.3 is 5.97 Å². The van der Waals surface area contributed by atoms with Gasteiger partial charge in [0.05, 0.1) is 12.8 Å². The zero-order valence-corrected chi connectivity index (χ0v) is 8.65. The van der Waals surface area contributed by atoms with Gasteiger partial charge in [-0.15, -0.1) is 0 Å². The Hall–Kier alpha value is -1.75. The molecule has 0 aromatic heterocycles. The van der Waals surface area contributed by atoms with E-state index in [1.165, 1.54) is 7.11 Å². The van der Waals surface area contributed by atoms with Crippen LogP contribution < -0.4 is 10.2 Å². The second kappa shape index (κ2) is 5.21. The molecular formula is C9H9ClN2O3. The Kier molecular flexibility index (Phi) is 3.93. The van der Waals surface area contributed by atoms with E-state index in [2.05, 4.69) is 10.5 Å². The molecule has 0 atom stereocenters. The number of hydrogen-bond acceptors (Lipinski definition) is 4. The highest BCUT2D eigenvalue weighted by molar-refractivity contribution is 6.81. The summed E-state index contributed by atoms with van der Waals surface area (Å²) in [5, 5.41) is 11.3. The van der Waals surface area contributed by atoms with Gasteiger partial charge in [0.1, 0.15) is 5.75 Å². The minimum atomic E-state index is -1.29. The van der Waals surface area contributed by atoms with Gasteiger partial charge in [-0.1, -0.05) is 17.7 Å². The van der Waals surface area contributed by atoms with Crippen LogP contribution in [-0.4, -0.2) is 23.4 Å². The van der Waals surface area contributed by atoms with E-state index in [9.17, 15) is 4.79 Å². The van der Waals surface area contributed by atoms with Crippen LogP contribution in [0.1, 0.15) is 0 Å². The number of ether oxygens (including phenoxy) is 1. The van der Waals surface area contributed by atoms with Gasteiger partial charge in [-0.3, -0.25) is 5.43 Å². The van der Waals surface area contributed by atoms with Crippen LogP contribution in [0.5, 0.6) is 5.75 Å². The minimum Gasteiger partial charge on any atom is -0.497 e. The lowest BCUT2D eigenvalue weighted by atomic mass is 10.3. The van der Waals surface area contributed by atoms with Crippen molar-refractivity contribution in [1.29, 1.82) is 0 Å². The van der Waals surface area contributed by atoms with E-state index in [1.54, 1.807) is 24.3 Å². The van der Waals surface area contributed by atoms with Gasteiger partial charge in [-0.2, -0.15) is 5.10 Å². The molecule has 2 N–H and O–H groups in total. The Bertz CT molecular complexity index is 393. The Morgan fingerprint density at radius 1 is 1.60 bits per heavy atom. The molecule has 0 spiro atoms. The second-order valence-electron chi connectivity index (χ2n) is 2.55. The molecule has 0 aliphatic rings. The molecule has 0 aliphatic heterocycles. The maximum absolute atomic E-state index is 10.3. The number of hydrogen-bond donors (Lipinski definition) is 2. The highest BCUT2D eigenvalue weighted by Gasteiger charge is 2.03. The van der Waals surface area contributed by atoms with Crippen LogP contribution in [0.3, 0.4) is 0 Å². The predicted molar refractivity (Wildman–Crippen MR) is 57.5 cm³/mol. The number of hydrazone groups is 1. The number of nitrogens with one attached hydrogen (secondary N) is 1.